The number of nitrogens with zero attached hydrogens (tertiary/aromatic N) is 1. The fourth-order valence-electron chi connectivity index (χ4n) is 2.66. The number of aliphatic carboxylic acids is 1. The van der Waals surface area contributed by atoms with E-state index in [2.05, 4.69) is 0 Å². The fourth-order valence-corrected chi connectivity index (χ4v) is 4.04. The minimum absolute atomic E-state index is 0.0959. The largest absolute Gasteiger partial charge is 0.479 e. The van der Waals surface area contributed by atoms with Gasteiger partial charge in [0.1, 0.15) is 6.61 Å². The van der Waals surface area contributed by atoms with E-state index in [1.54, 1.807) is 0 Å². The monoisotopic (exact) mass is 386 g/mol. The van der Waals surface area contributed by atoms with E-state index in [-0.39, 0.29) is 12.4 Å². The first kappa shape index (κ1) is 20.1. The Labute approximate surface area is 151 Å². The van der Waals surface area contributed by atoms with Gasteiger partial charge in [0, 0.05) is 13.1 Å². The fraction of sp³-hybridized carbons (Fsp3) is 0.500. The van der Waals surface area contributed by atoms with E-state index in [0.717, 1.165) is 5.56 Å². The normalized spacial score (nSPS) is 18.5. The summed E-state index contributed by atoms with van der Waals surface area (Å²) in [5.74, 6) is -1.89. The number of sulfonamides is 1. The molecular formula is C16H22N2O7S. The molecule has 3 N–H and O–H groups in total. The van der Waals surface area contributed by atoms with E-state index in [0.29, 0.717) is 19.4 Å². The molecule has 0 radical (unpaired) electrons. The van der Waals surface area contributed by atoms with Crippen LogP contribution in [0.15, 0.2) is 30.3 Å². The summed E-state index contributed by atoms with van der Waals surface area (Å²) in [7, 11) is -3.85. The lowest BCUT2D eigenvalue weighted by atomic mass is 10.2. The lowest BCUT2D eigenvalue weighted by Crippen LogP contribution is -2.44. The SMILES string of the molecule is O=C(O)[C@H](O)CNS(=O)(=O)CC1CCCN1C(=O)OCc1ccccc1. The predicted octanol–water partition coefficient (Wildman–Crippen LogP) is 0.153. The van der Waals surface area contributed by atoms with Crippen LogP contribution in [-0.2, 0) is 26.2 Å². The van der Waals surface area contributed by atoms with Crippen LogP contribution in [0.3, 0.4) is 0 Å². The molecule has 0 aliphatic carbocycles. The van der Waals surface area contributed by atoms with Crippen molar-refractivity contribution in [2.45, 2.75) is 31.6 Å². The number of ether oxygens (including phenoxy) is 1. The second kappa shape index (κ2) is 8.97. The number of carbonyl (C=O) groups is 2. The maximum atomic E-state index is 12.2. The van der Waals surface area contributed by atoms with E-state index in [4.69, 9.17) is 14.9 Å². The zero-order chi connectivity index (χ0) is 19.2. The van der Waals surface area contributed by atoms with Crippen molar-refractivity contribution in [3.63, 3.8) is 0 Å². The van der Waals surface area contributed by atoms with Gasteiger partial charge >= 0.3 is 12.1 Å². The Bertz CT molecular complexity index is 723. The van der Waals surface area contributed by atoms with Crippen molar-refractivity contribution >= 4 is 22.1 Å². The third-order valence-electron chi connectivity index (χ3n) is 4.01. The predicted molar refractivity (Wildman–Crippen MR) is 91.8 cm³/mol. The first-order valence-corrected chi connectivity index (χ1v) is 9.79. The molecule has 0 bridgehead atoms. The summed E-state index contributed by atoms with van der Waals surface area (Å²) in [6.07, 6.45) is -1.25. The van der Waals surface area contributed by atoms with Gasteiger partial charge in [0.15, 0.2) is 6.10 Å². The van der Waals surface area contributed by atoms with Gasteiger partial charge in [0.25, 0.3) is 0 Å². The maximum Gasteiger partial charge on any atom is 0.410 e. The van der Waals surface area contributed by atoms with Crippen LogP contribution in [0.2, 0.25) is 0 Å². The van der Waals surface area contributed by atoms with Crippen molar-refractivity contribution in [2.75, 3.05) is 18.8 Å². The van der Waals surface area contributed by atoms with Gasteiger partial charge in [-0.05, 0) is 18.4 Å². The van der Waals surface area contributed by atoms with E-state index in [1.807, 2.05) is 35.1 Å². The molecule has 1 aromatic rings. The molecule has 2 atom stereocenters. The average molecular weight is 386 g/mol. The van der Waals surface area contributed by atoms with Crippen LogP contribution in [0.4, 0.5) is 4.79 Å². The van der Waals surface area contributed by atoms with Crippen molar-refractivity contribution in [2.24, 2.45) is 0 Å². The zero-order valence-electron chi connectivity index (χ0n) is 14.1. The number of carboxylic acid groups (broad SMARTS) is 1. The molecule has 1 aromatic carbocycles. The highest BCUT2D eigenvalue weighted by molar-refractivity contribution is 7.89. The second-order valence-electron chi connectivity index (χ2n) is 6.01. The summed E-state index contributed by atoms with van der Waals surface area (Å²) in [6.45, 7) is -0.132. The van der Waals surface area contributed by atoms with Gasteiger partial charge in [0.2, 0.25) is 10.0 Å². The summed E-state index contributed by atoms with van der Waals surface area (Å²) in [4.78, 5) is 24.1. The number of benzene rings is 1. The summed E-state index contributed by atoms with van der Waals surface area (Å²) >= 11 is 0. The molecule has 1 saturated heterocycles. The lowest BCUT2D eigenvalue weighted by molar-refractivity contribution is -0.146. The van der Waals surface area contributed by atoms with Gasteiger partial charge in [0.05, 0.1) is 11.8 Å². The number of amides is 1. The van der Waals surface area contributed by atoms with Gasteiger partial charge in [-0.3, -0.25) is 0 Å². The molecule has 0 spiro atoms. The van der Waals surface area contributed by atoms with Crippen LogP contribution < -0.4 is 4.72 Å². The average Bonchev–Trinajstić information content (AvgIpc) is 3.05. The molecule has 1 amide bonds. The van der Waals surface area contributed by atoms with Crippen LogP contribution in [0.1, 0.15) is 18.4 Å². The Morgan fingerprint density at radius 1 is 1.31 bits per heavy atom. The van der Waals surface area contributed by atoms with E-state index in [9.17, 15) is 18.0 Å². The Kier molecular flexibility index (Phi) is 6.95. The zero-order valence-corrected chi connectivity index (χ0v) is 14.9. The van der Waals surface area contributed by atoms with Crippen LogP contribution in [0, 0.1) is 0 Å². The van der Waals surface area contributed by atoms with Crippen molar-refractivity contribution in [3.8, 4) is 0 Å². The first-order valence-electron chi connectivity index (χ1n) is 8.14. The molecule has 1 aliphatic rings. The smallest absolute Gasteiger partial charge is 0.410 e. The number of hydrogen-bond acceptors (Lipinski definition) is 6. The second-order valence-corrected chi connectivity index (χ2v) is 7.87. The quantitative estimate of drug-likeness (QED) is 0.579. The van der Waals surface area contributed by atoms with Gasteiger partial charge in [-0.15, -0.1) is 0 Å². The van der Waals surface area contributed by atoms with E-state index in [1.165, 1.54) is 4.90 Å². The summed E-state index contributed by atoms with van der Waals surface area (Å²) in [6, 6.07) is 8.57. The van der Waals surface area contributed by atoms with E-state index < -0.39 is 40.8 Å². The number of carboxylic acids is 1. The molecule has 26 heavy (non-hydrogen) atoms. The highest BCUT2D eigenvalue weighted by Gasteiger charge is 2.33. The molecule has 10 heteroatoms. The third-order valence-corrected chi connectivity index (χ3v) is 5.44. The van der Waals surface area contributed by atoms with E-state index >= 15 is 0 Å². The standard InChI is InChI=1S/C16H22N2O7S/c19-14(15(20)21)9-17-26(23,24)11-13-7-4-8-18(13)16(22)25-10-12-5-2-1-3-6-12/h1-3,5-6,13-14,17,19H,4,7-11H2,(H,20,21)/t13?,14-/m1/s1. The van der Waals surface area contributed by atoms with Crippen LogP contribution in [0.25, 0.3) is 0 Å². The number of rotatable bonds is 8. The maximum absolute atomic E-state index is 12.2. The molecule has 0 saturated carbocycles. The molecule has 1 fully saturated rings. The molecule has 1 unspecified atom stereocenters. The number of aliphatic hydroxyl groups excluding tert-OH is 1. The summed E-state index contributed by atoms with van der Waals surface area (Å²) in [5.41, 5.74) is 0.827. The Balaban J connectivity index is 1.88. The Morgan fingerprint density at radius 3 is 2.65 bits per heavy atom. The van der Waals surface area contributed by atoms with Gasteiger partial charge < -0.3 is 19.8 Å². The van der Waals surface area contributed by atoms with Crippen LogP contribution >= 0.6 is 0 Å². The molecular weight excluding hydrogens is 364 g/mol. The molecule has 9 nitrogen and oxygen atoms in total. The van der Waals surface area contributed by atoms with Gasteiger partial charge in [-0.1, -0.05) is 30.3 Å². The Morgan fingerprint density at radius 2 is 2.00 bits per heavy atom. The molecule has 1 heterocycles. The van der Waals surface area contributed by atoms with Crippen LogP contribution in [-0.4, -0.2) is 66.6 Å². The Hall–Kier alpha value is -2.17. The number of aliphatic hydroxyl groups is 1. The van der Waals surface area contributed by atoms with Crippen molar-refractivity contribution < 1.29 is 33.0 Å². The first-order chi connectivity index (χ1) is 12.3. The molecule has 2 rings (SSSR count). The summed E-state index contributed by atoms with van der Waals surface area (Å²) in [5, 5.41) is 17.7. The highest BCUT2D eigenvalue weighted by atomic mass is 32.2. The van der Waals surface area contributed by atoms with Gasteiger partial charge in [-0.25, -0.2) is 22.7 Å². The minimum Gasteiger partial charge on any atom is -0.479 e. The summed E-state index contributed by atoms with van der Waals surface area (Å²) < 4.78 is 31.4. The number of nitrogens with one attached hydrogen (secondary N) is 1. The molecule has 1 aliphatic heterocycles. The number of carbonyl (C=O) groups excluding carboxylic acids is 1. The van der Waals surface area contributed by atoms with Crippen molar-refractivity contribution in [1.29, 1.82) is 0 Å². The number of hydrogen-bond donors (Lipinski definition) is 3. The highest BCUT2D eigenvalue weighted by Crippen LogP contribution is 2.20. The topological polar surface area (TPSA) is 133 Å². The number of likely N-dealkylation sites (tertiary alicyclic amines) is 1. The van der Waals surface area contributed by atoms with Crippen LogP contribution in [0.5, 0.6) is 0 Å². The minimum atomic E-state index is -3.85. The lowest BCUT2D eigenvalue weighted by Gasteiger charge is -2.24. The van der Waals surface area contributed by atoms with Gasteiger partial charge in [-0.2, -0.15) is 0 Å². The molecule has 144 valence electrons. The third kappa shape index (κ3) is 5.97. The van der Waals surface area contributed by atoms with Crippen molar-refractivity contribution in [1.82, 2.24) is 9.62 Å². The van der Waals surface area contributed by atoms with Crippen molar-refractivity contribution in [3.05, 3.63) is 35.9 Å². The molecule has 0 aromatic heterocycles.